The summed E-state index contributed by atoms with van der Waals surface area (Å²) in [6.45, 7) is 5.98. The predicted molar refractivity (Wildman–Crippen MR) is 112 cm³/mol. The van der Waals surface area contributed by atoms with Crippen molar-refractivity contribution in [2.24, 2.45) is 0 Å². The normalized spacial score (nSPS) is 10.5. The molecule has 0 saturated heterocycles. The quantitative estimate of drug-likeness (QED) is 0.525. The molecule has 0 saturated carbocycles. The largest absolute Gasteiger partial charge is 0.369 e. The summed E-state index contributed by atoms with van der Waals surface area (Å²) < 4.78 is 8.09. The second-order valence-electron chi connectivity index (χ2n) is 6.43. The van der Waals surface area contributed by atoms with Gasteiger partial charge in [-0.3, -0.25) is 0 Å². The zero-order chi connectivity index (χ0) is 20.6. The van der Waals surface area contributed by atoms with Crippen molar-refractivity contribution in [3.05, 3.63) is 76.7 Å². The van der Waals surface area contributed by atoms with Gasteiger partial charge in [0.1, 0.15) is 17.5 Å². The van der Waals surface area contributed by atoms with Gasteiger partial charge >= 0.3 is 0 Å². The molecule has 2 aromatic carbocycles. The molecule has 0 fully saturated rings. The Kier molecular flexibility index (Phi) is 7.08. The van der Waals surface area contributed by atoms with E-state index in [1.165, 1.54) is 11.8 Å². The van der Waals surface area contributed by atoms with Crippen molar-refractivity contribution in [2.45, 2.75) is 49.9 Å². The van der Waals surface area contributed by atoms with Gasteiger partial charge in [0.25, 0.3) is 0 Å². The summed E-state index contributed by atoms with van der Waals surface area (Å²) >= 11 is 1.49. The topological polar surface area (TPSA) is 74.6 Å². The number of rotatable bonds is 8. The van der Waals surface area contributed by atoms with E-state index in [1.54, 1.807) is 18.2 Å². The third-order valence-corrected chi connectivity index (χ3v) is 5.48. The molecule has 0 N–H and O–H groups in total. The summed E-state index contributed by atoms with van der Waals surface area (Å²) in [4.78, 5) is 5.66. The van der Waals surface area contributed by atoms with Crippen LogP contribution in [0.25, 0.3) is 0 Å². The number of aromatic nitrogens is 2. The predicted octanol–water partition coefficient (Wildman–Crippen LogP) is 5.08. The minimum absolute atomic E-state index is 0.429. The number of hydrogen-bond donors (Lipinski definition) is 0. The molecule has 3 aromatic rings. The lowest BCUT2D eigenvalue weighted by Crippen LogP contribution is -2.07. The molecule has 0 bridgehead atoms. The van der Waals surface area contributed by atoms with Crippen molar-refractivity contribution in [2.75, 3.05) is 0 Å². The molecule has 6 heteroatoms. The summed E-state index contributed by atoms with van der Waals surface area (Å²) in [6.07, 6.45) is 0.838. The lowest BCUT2D eigenvalue weighted by atomic mass is 10.1. The SMILES string of the molecule is CCc1c(Sc2cc(C#N)cc(C#N)c2)nc(COCc2ccccc2)n1CC. The third-order valence-electron chi connectivity index (χ3n) is 4.49. The summed E-state index contributed by atoms with van der Waals surface area (Å²) in [5.74, 6) is 0.889. The first-order valence-corrected chi connectivity index (χ1v) is 10.3. The maximum absolute atomic E-state index is 9.22. The highest BCUT2D eigenvalue weighted by atomic mass is 32.2. The van der Waals surface area contributed by atoms with Crippen LogP contribution >= 0.6 is 11.8 Å². The van der Waals surface area contributed by atoms with Crippen LogP contribution in [0.1, 0.15) is 42.1 Å². The number of imidazole rings is 1. The maximum Gasteiger partial charge on any atom is 0.136 e. The highest BCUT2D eigenvalue weighted by Crippen LogP contribution is 2.32. The second-order valence-corrected chi connectivity index (χ2v) is 7.49. The van der Waals surface area contributed by atoms with Crippen LogP contribution in [0.5, 0.6) is 0 Å². The van der Waals surface area contributed by atoms with Crippen molar-refractivity contribution in [1.82, 2.24) is 9.55 Å². The van der Waals surface area contributed by atoms with Crippen LogP contribution in [0, 0.1) is 22.7 Å². The van der Waals surface area contributed by atoms with Crippen molar-refractivity contribution in [1.29, 1.82) is 10.5 Å². The zero-order valence-corrected chi connectivity index (χ0v) is 17.4. The van der Waals surface area contributed by atoms with Gasteiger partial charge in [0.15, 0.2) is 0 Å². The molecule has 29 heavy (non-hydrogen) atoms. The lowest BCUT2D eigenvalue weighted by molar-refractivity contribution is 0.0991. The van der Waals surface area contributed by atoms with Gasteiger partial charge in [-0.05, 0) is 37.1 Å². The Hall–Kier alpha value is -3.06. The Labute approximate surface area is 175 Å². The zero-order valence-electron chi connectivity index (χ0n) is 16.6. The Morgan fingerprint density at radius 2 is 1.69 bits per heavy atom. The minimum Gasteiger partial charge on any atom is -0.369 e. The molecule has 0 spiro atoms. The van der Waals surface area contributed by atoms with Crippen LogP contribution in [-0.4, -0.2) is 9.55 Å². The Morgan fingerprint density at radius 3 is 2.28 bits per heavy atom. The first-order chi connectivity index (χ1) is 14.2. The van der Waals surface area contributed by atoms with E-state index < -0.39 is 0 Å². The van der Waals surface area contributed by atoms with Gasteiger partial charge in [-0.25, -0.2) is 4.98 Å². The van der Waals surface area contributed by atoms with E-state index >= 15 is 0 Å². The van der Waals surface area contributed by atoms with E-state index in [0.29, 0.717) is 24.3 Å². The summed E-state index contributed by atoms with van der Waals surface area (Å²) in [7, 11) is 0. The van der Waals surface area contributed by atoms with Gasteiger partial charge in [-0.2, -0.15) is 10.5 Å². The third kappa shape index (κ3) is 5.06. The Bertz CT molecular complexity index is 1030. The van der Waals surface area contributed by atoms with E-state index in [1.807, 2.05) is 30.3 Å². The van der Waals surface area contributed by atoms with Crippen LogP contribution in [0.3, 0.4) is 0 Å². The molecule has 1 aromatic heterocycles. The molecule has 0 amide bonds. The van der Waals surface area contributed by atoms with Crippen molar-refractivity contribution in [3.63, 3.8) is 0 Å². The molecule has 3 rings (SSSR count). The van der Waals surface area contributed by atoms with E-state index in [4.69, 9.17) is 9.72 Å². The minimum atomic E-state index is 0.429. The second kappa shape index (κ2) is 9.93. The molecule has 0 aliphatic carbocycles. The molecule has 1 heterocycles. The number of benzene rings is 2. The maximum atomic E-state index is 9.22. The van der Waals surface area contributed by atoms with Gasteiger partial charge < -0.3 is 9.30 Å². The van der Waals surface area contributed by atoms with Gasteiger partial charge in [-0.15, -0.1) is 0 Å². The van der Waals surface area contributed by atoms with Crippen molar-refractivity contribution in [3.8, 4) is 12.1 Å². The van der Waals surface area contributed by atoms with E-state index in [9.17, 15) is 10.5 Å². The van der Waals surface area contributed by atoms with E-state index in [-0.39, 0.29) is 0 Å². The monoisotopic (exact) mass is 402 g/mol. The fourth-order valence-electron chi connectivity index (χ4n) is 3.15. The molecule has 0 unspecified atom stereocenters. The van der Waals surface area contributed by atoms with Gasteiger partial charge in [0, 0.05) is 11.4 Å². The first kappa shape index (κ1) is 20.7. The fraction of sp³-hybridized carbons (Fsp3) is 0.261. The molecule has 0 radical (unpaired) electrons. The first-order valence-electron chi connectivity index (χ1n) is 9.51. The number of hydrogen-bond acceptors (Lipinski definition) is 5. The Balaban J connectivity index is 1.82. The number of nitrogens with zero attached hydrogens (tertiary/aromatic N) is 4. The van der Waals surface area contributed by atoms with E-state index in [0.717, 1.165) is 40.0 Å². The van der Waals surface area contributed by atoms with Crippen LogP contribution in [-0.2, 0) is 30.9 Å². The summed E-state index contributed by atoms with van der Waals surface area (Å²) in [5.41, 5.74) is 3.22. The standard InChI is InChI=1S/C23H22N4OS/c1-3-21-23(29-20-11-18(13-24)10-19(12-20)14-25)26-22(27(21)4-2)16-28-15-17-8-6-5-7-9-17/h5-12H,3-4,15-16H2,1-2H3. The summed E-state index contributed by atoms with van der Waals surface area (Å²) in [6, 6.07) is 19.5. The Morgan fingerprint density at radius 1 is 1.00 bits per heavy atom. The number of ether oxygens (including phenoxy) is 1. The summed E-state index contributed by atoms with van der Waals surface area (Å²) in [5, 5.41) is 19.3. The van der Waals surface area contributed by atoms with E-state index in [2.05, 4.69) is 30.6 Å². The smallest absolute Gasteiger partial charge is 0.136 e. The average Bonchev–Trinajstić information content (AvgIpc) is 3.10. The average molecular weight is 403 g/mol. The molecular weight excluding hydrogens is 380 g/mol. The van der Waals surface area contributed by atoms with Crippen LogP contribution < -0.4 is 0 Å². The molecular formula is C23H22N4OS. The molecule has 0 aliphatic rings. The van der Waals surface area contributed by atoms with Gasteiger partial charge in [0.05, 0.1) is 35.6 Å². The highest BCUT2D eigenvalue weighted by molar-refractivity contribution is 7.99. The molecule has 5 nitrogen and oxygen atoms in total. The van der Waals surface area contributed by atoms with Crippen molar-refractivity contribution >= 4 is 11.8 Å². The van der Waals surface area contributed by atoms with Crippen molar-refractivity contribution < 1.29 is 4.74 Å². The number of nitriles is 2. The van der Waals surface area contributed by atoms with Crippen LogP contribution in [0.15, 0.2) is 58.5 Å². The van der Waals surface area contributed by atoms with Crippen LogP contribution in [0.4, 0.5) is 0 Å². The molecule has 146 valence electrons. The lowest BCUT2D eigenvalue weighted by Gasteiger charge is -2.09. The van der Waals surface area contributed by atoms with Gasteiger partial charge in [0.2, 0.25) is 0 Å². The fourth-order valence-corrected chi connectivity index (χ4v) is 4.27. The molecule has 0 atom stereocenters. The highest BCUT2D eigenvalue weighted by Gasteiger charge is 2.17. The van der Waals surface area contributed by atoms with Crippen LogP contribution in [0.2, 0.25) is 0 Å². The van der Waals surface area contributed by atoms with Gasteiger partial charge in [-0.1, -0.05) is 49.0 Å². The molecule has 0 aliphatic heterocycles.